The first-order valence-electron chi connectivity index (χ1n) is 6.25. The van der Waals surface area contributed by atoms with Gasteiger partial charge in [-0.15, -0.1) is 0 Å². The Morgan fingerprint density at radius 1 is 1.74 bits per heavy atom. The molecule has 1 fully saturated rings. The molecule has 2 unspecified atom stereocenters. The predicted octanol–water partition coefficient (Wildman–Crippen LogP) is 0.803. The second kappa shape index (κ2) is 5.58. The molecule has 1 aromatic rings. The Morgan fingerprint density at radius 3 is 3.16 bits per heavy atom. The molecule has 2 N–H and O–H groups in total. The largest absolute Gasteiger partial charge is 0.461 e. The Kier molecular flexibility index (Phi) is 4.06. The number of nitrogens with zero attached hydrogens (tertiary/aromatic N) is 1. The molecule has 106 valence electrons. The van der Waals surface area contributed by atoms with Gasteiger partial charge in [-0.3, -0.25) is 0 Å². The molecular formula is C12H18N2O5. The standard InChI is InChI=1S/C12H18N2O5/c1-3-17-10(15)9-6-19-11(14-9)13-7-12(16)4-5-18-8(12)2/h6,8,16H,3-5,7H2,1-2H3,(H,13,14). The van der Waals surface area contributed by atoms with E-state index in [-0.39, 0.29) is 31.0 Å². The molecule has 1 aliphatic rings. The maximum atomic E-state index is 11.4. The molecule has 1 saturated heterocycles. The number of rotatable bonds is 5. The van der Waals surface area contributed by atoms with Crippen molar-refractivity contribution in [3.05, 3.63) is 12.0 Å². The summed E-state index contributed by atoms with van der Waals surface area (Å²) in [5, 5.41) is 13.1. The number of carbonyl (C=O) groups is 1. The van der Waals surface area contributed by atoms with Crippen LogP contribution in [0.2, 0.25) is 0 Å². The van der Waals surface area contributed by atoms with Gasteiger partial charge in [0.2, 0.25) is 0 Å². The summed E-state index contributed by atoms with van der Waals surface area (Å²) in [7, 11) is 0. The zero-order valence-corrected chi connectivity index (χ0v) is 11.0. The van der Waals surface area contributed by atoms with Crippen molar-refractivity contribution < 1.29 is 23.8 Å². The van der Waals surface area contributed by atoms with E-state index in [0.29, 0.717) is 13.0 Å². The van der Waals surface area contributed by atoms with Crippen molar-refractivity contribution in [2.45, 2.75) is 32.0 Å². The lowest BCUT2D eigenvalue weighted by Crippen LogP contribution is -2.43. The van der Waals surface area contributed by atoms with E-state index in [4.69, 9.17) is 13.9 Å². The fourth-order valence-electron chi connectivity index (χ4n) is 1.89. The van der Waals surface area contributed by atoms with Crippen LogP contribution in [0.5, 0.6) is 0 Å². The molecule has 2 rings (SSSR count). The van der Waals surface area contributed by atoms with Crippen molar-refractivity contribution in [2.75, 3.05) is 25.1 Å². The smallest absolute Gasteiger partial charge is 0.360 e. The van der Waals surface area contributed by atoms with Gasteiger partial charge >= 0.3 is 5.97 Å². The highest BCUT2D eigenvalue weighted by atomic mass is 16.5. The Bertz CT molecular complexity index is 447. The molecule has 0 aromatic carbocycles. The molecule has 0 bridgehead atoms. The maximum absolute atomic E-state index is 11.4. The minimum absolute atomic E-state index is 0.104. The summed E-state index contributed by atoms with van der Waals surface area (Å²) < 4.78 is 15.2. The molecule has 7 nitrogen and oxygen atoms in total. The van der Waals surface area contributed by atoms with Gasteiger partial charge in [0.15, 0.2) is 5.69 Å². The molecule has 1 aliphatic heterocycles. The van der Waals surface area contributed by atoms with Gasteiger partial charge < -0.3 is 24.3 Å². The molecule has 0 saturated carbocycles. The van der Waals surface area contributed by atoms with Gasteiger partial charge in [-0.1, -0.05) is 0 Å². The number of aliphatic hydroxyl groups is 1. The average molecular weight is 270 g/mol. The number of esters is 1. The first kappa shape index (κ1) is 13.8. The number of ether oxygens (including phenoxy) is 2. The van der Waals surface area contributed by atoms with Crippen LogP contribution < -0.4 is 5.32 Å². The van der Waals surface area contributed by atoms with Crippen LogP contribution in [0.1, 0.15) is 30.8 Å². The number of aromatic nitrogens is 1. The van der Waals surface area contributed by atoms with Crippen LogP contribution in [0.4, 0.5) is 6.01 Å². The lowest BCUT2D eigenvalue weighted by atomic mass is 9.97. The highest BCUT2D eigenvalue weighted by Gasteiger charge is 2.39. The van der Waals surface area contributed by atoms with Gasteiger partial charge in [0.05, 0.1) is 19.3 Å². The van der Waals surface area contributed by atoms with Crippen LogP contribution in [0.3, 0.4) is 0 Å². The minimum atomic E-state index is -0.946. The topological polar surface area (TPSA) is 93.8 Å². The second-order valence-electron chi connectivity index (χ2n) is 4.48. The summed E-state index contributed by atoms with van der Waals surface area (Å²) in [5.74, 6) is -0.532. The summed E-state index contributed by atoms with van der Waals surface area (Å²) >= 11 is 0. The third-order valence-electron chi connectivity index (χ3n) is 3.19. The highest BCUT2D eigenvalue weighted by molar-refractivity contribution is 5.87. The third-order valence-corrected chi connectivity index (χ3v) is 3.19. The molecule has 7 heteroatoms. The molecule has 0 radical (unpaired) electrons. The fourth-order valence-corrected chi connectivity index (χ4v) is 1.89. The Morgan fingerprint density at radius 2 is 2.53 bits per heavy atom. The van der Waals surface area contributed by atoms with Crippen molar-refractivity contribution >= 4 is 12.0 Å². The van der Waals surface area contributed by atoms with Gasteiger partial charge in [0, 0.05) is 13.0 Å². The molecule has 0 amide bonds. The molecular weight excluding hydrogens is 252 g/mol. The van der Waals surface area contributed by atoms with Crippen molar-refractivity contribution in [3.63, 3.8) is 0 Å². The van der Waals surface area contributed by atoms with Crippen LogP contribution in [0, 0.1) is 0 Å². The molecule has 0 aliphatic carbocycles. The number of hydrogen-bond donors (Lipinski definition) is 2. The summed E-state index contributed by atoms with van der Waals surface area (Å²) in [4.78, 5) is 15.3. The lowest BCUT2D eigenvalue weighted by Gasteiger charge is -2.25. The van der Waals surface area contributed by atoms with Crippen LogP contribution in [0.15, 0.2) is 10.7 Å². The monoisotopic (exact) mass is 270 g/mol. The van der Waals surface area contributed by atoms with Crippen molar-refractivity contribution in [2.24, 2.45) is 0 Å². The van der Waals surface area contributed by atoms with E-state index in [1.165, 1.54) is 6.26 Å². The van der Waals surface area contributed by atoms with Crippen LogP contribution in [-0.4, -0.2) is 47.5 Å². The SMILES string of the molecule is CCOC(=O)c1coc(NCC2(O)CCOC2C)n1. The van der Waals surface area contributed by atoms with E-state index in [0.717, 1.165) is 0 Å². The zero-order chi connectivity index (χ0) is 13.9. The molecule has 2 atom stereocenters. The Hall–Kier alpha value is -1.60. The summed E-state index contributed by atoms with van der Waals surface area (Å²) in [6.45, 7) is 4.58. The van der Waals surface area contributed by atoms with Crippen molar-refractivity contribution in [3.8, 4) is 0 Å². The first-order chi connectivity index (χ1) is 9.05. The number of anilines is 1. The third kappa shape index (κ3) is 3.05. The van der Waals surface area contributed by atoms with E-state index >= 15 is 0 Å². The van der Waals surface area contributed by atoms with Crippen LogP contribution >= 0.6 is 0 Å². The van der Waals surface area contributed by atoms with E-state index in [2.05, 4.69) is 10.3 Å². The van der Waals surface area contributed by atoms with E-state index < -0.39 is 11.6 Å². The highest BCUT2D eigenvalue weighted by Crippen LogP contribution is 2.25. The van der Waals surface area contributed by atoms with Crippen LogP contribution in [-0.2, 0) is 9.47 Å². The maximum Gasteiger partial charge on any atom is 0.360 e. The van der Waals surface area contributed by atoms with Gasteiger partial charge in [-0.05, 0) is 13.8 Å². The van der Waals surface area contributed by atoms with Gasteiger partial charge in [-0.25, -0.2) is 4.79 Å². The van der Waals surface area contributed by atoms with Gasteiger partial charge in [0.25, 0.3) is 6.01 Å². The predicted molar refractivity (Wildman–Crippen MR) is 65.9 cm³/mol. The molecule has 1 aromatic heterocycles. The summed E-state index contributed by atoms with van der Waals surface area (Å²) in [5.41, 5.74) is -0.842. The first-order valence-corrected chi connectivity index (χ1v) is 6.25. The minimum Gasteiger partial charge on any atom is -0.461 e. The average Bonchev–Trinajstić information content (AvgIpc) is 2.96. The number of nitrogens with one attached hydrogen (secondary N) is 1. The van der Waals surface area contributed by atoms with Crippen LogP contribution in [0.25, 0.3) is 0 Å². The van der Waals surface area contributed by atoms with Crippen molar-refractivity contribution in [1.82, 2.24) is 4.98 Å². The molecule has 19 heavy (non-hydrogen) atoms. The summed E-state index contributed by atoms with van der Waals surface area (Å²) in [6, 6.07) is 0.176. The summed E-state index contributed by atoms with van der Waals surface area (Å²) in [6.07, 6.45) is 1.52. The normalized spacial score (nSPS) is 26.4. The van der Waals surface area contributed by atoms with E-state index in [1.54, 1.807) is 6.92 Å². The number of carbonyl (C=O) groups excluding carboxylic acids is 1. The lowest BCUT2D eigenvalue weighted by molar-refractivity contribution is -0.0178. The Balaban J connectivity index is 1.92. The Labute approximate surface area is 110 Å². The fraction of sp³-hybridized carbons (Fsp3) is 0.667. The quantitative estimate of drug-likeness (QED) is 0.764. The van der Waals surface area contributed by atoms with Gasteiger partial charge in [-0.2, -0.15) is 4.98 Å². The zero-order valence-electron chi connectivity index (χ0n) is 11.0. The number of oxazole rings is 1. The van der Waals surface area contributed by atoms with E-state index in [1.807, 2.05) is 6.92 Å². The van der Waals surface area contributed by atoms with Crippen molar-refractivity contribution in [1.29, 1.82) is 0 Å². The molecule has 0 spiro atoms. The van der Waals surface area contributed by atoms with Gasteiger partial charge in [0.1, 0.15) is 11.9 Å². The van der Waals surface area contributed by atoms with E-state index in [9.17, 15) is 9.90 Å². The molecule has 2 heterocycles. The second-order valence-corrected chi connectivity index (χ2v) is 4.48. The number of hydrogen-bond acceptors (Lipinski definition) is 7.